The molecule has 0 fully saturated rings. The molecular formula is C76H48BN3. The lowest BCUT2D eigenvalue weighted by atomic mass is 9.33. The first-order valence-corrected chi connectivity index (χ1v) is 27.8. The molecule has 370 valence electrons. The fraction of sp³-hybridized carbons (Fsp3) is 0. The molecule has 0 N–H and O–H groups in total. The zero-order chi connectivity index (χ0) is 52.4. The van der Waals surface area contributed by atoms with E-state index in [9.17, 15) is 0 Å². The van der Waals surface area contributed by atoms with Crippen LogP contribution in [0.5, 0.6) is 0 Å². The summed E-state index contributed by atoms with van der Waals surface area (Å²) in [5, 5.41) is 12.4. The second kappa shape index (κ2) is 17.6. The Morgan fingerprint density at radius 3 is 1.19 bits per heavy atom. The van der Waals surface area contributed by atoms with Crippen molar-refractivity contribution in [3.8, 4) is 39.1 Å². The summed E-state index contributed by atoms with van der Waals surface area (Å²) in [7, 11) is 0. The third-order valence-corrected chi connectivity index (χ3v) is 17.3. The topological polar surface area (TPSA) is 11.4 Å². The second-order valence-electron chi connectivity index (χ2n) is 21.6. The maximum absolute atomic E-state index is 2.58. The number of aromatic nitrogens is 1. The number of nitrogens with zero attached hydrogens (tertiary/aromatic N) is 3. The van der Waals surface area contributed by atoms with Gasteiger partial charge in [-0.15, -0.1) is 0 Å². The summed E-state index contributed by atoms with van der Waals surface area (Å²) in [6.07, 6.45) is 0. The Labute approximate surface area is 464 Å². The standard InChI is InChI=1S/C76H48BN3/c1-4-16-49(17-5-1)51-32-37-60(38-33-51)79-72-47-66-56(30-28-53-20-10-12-24-62(53)66)42-68(72)77-69-43-57-31-29-54-21-11-13-25-63(54)67(57)48-73(69)80(61-39-34-52(35-40-61)50-18-6-2-7-19-50)75-46-58(45-74(79)76(75)77)55-36-41-65-64-26-14-15-27-70(64)78(71(65)44-55)59-22-8-3-9-23-59/h1-48H. The minimum atomic E-state index is -0.103. The van der Waals surface area contributed by atoms with Crippen LogP contribution in [0.4, 0.5) is 34.1 Å². The van der Waals surface area contributed by atoms with Crippen molar-refractivity contribution in [3.05, 3.63) is 291 Å². The maximum Gasteiger partial charge on any atom is 0.252 e. The molecule has 1 aromatic heterocycles. The van der Waals surface area contributed by atoms with Crippen molar-refractivity contribution in [2.45, 2.75) is 0 Å². The molecule has 15 aromatic rings. The van der Waals surface area contributed by atoms with Crippen molar-refractivity contribution in [1.29, 1.82) is 0 Å². The van der Waals surface area contributed by atoms with E-state index in [0.717, 1.165) is 28.2 Å². The van der Waals surface area contributed by atoms with Crippen molar-refractivity contribution in [3.63, 3.8) is 0 Å². The molecule has 0 spiro atoms. The van der Waals surface area contributed by atoms with E-state index in [1.807, 2.05) is 0 Å². The monoisotopic (exact) mass is 1010 g/mol. The van der Waals surface area contributed by atoms with E-state index in [1.54, 1.807) is 0 Å². The summed E-state index contributed by atoms with van der Waals surface area (Å²) >= 11 is 0. The van der Waals surface area contributed by atoms with Gasteiger partial charge in [-0.2, -0.15) is 0 Å². The van der Waals surface area contributed by atoms with Crippen molar-refractivity contribution in [1.82, 2.24) is 4.57 Å². The second-order valence-corrected chi connectivity index (χ2v) is 21.6. The fourth-order valence-corrected chi connectivity index (χ4v) is 13.6. The first kappa shape index (κ1) is 44.7. The van der Waals surface area contributed by atoms with Crippen molar-refractivity contribution < 1.29 is 0 Å². The van der Waals surface area contributed by atoms with Crippen molar-refractivity contribution in [2.75, 3.05) is 9.80 Å². The summed E-state index contributed by atoms with van der Waals surface area (Å²) in [4.78, 5) is 5.17. The van der Waals surface area contributed by atoms with Gasteiger partial charge in [0.15, 0.2) is 0 Å². The largest absolute Gasteiger partial charge is 0.311 e. The highest BCUT2D eigenvalue weighted by Crippen LogP contribution is 2.49. The van der Waals surface area contributed by atoms with E-state index in [1.165, 1.54) is 126 Å². The fourth-order valence-electron chi connectivity index (χ4n) is 13.6. The molecule has 17 rings (SSSR count). The van der Waals surface area contributed by atoms with Crippen LogP contribution in [-0.4, -0.2) is 11.3 Å². The van der Waals surface area contributed by atoms with Gasteiger partial charge in [0.25, 0.3) is 6.71 Å². The lowest BCUT2D eigenvalue weighted by Crippen LogP contribution is -2.61. The molecule has 3 nitrogen and oxygen atoms in total. The predicted molar refractivity (Wildman–Crippen MR) is 341 cm³/mol. The number of rotatable bonds is 6. The van der Waals surface area contributed by atoms with E-state index in [4.69, 9.17) is 0 Å². The van der Waals surface area contributed by atoms with E-state index < -0.39 is 0 Å². The molecular weight excluding hydrogens is 966 g/mol. The third kappa shape index (κ3) is 6.82. The average Bonchev–Trinajstić information content (AvgIpc) is 3.55. The van der Waals surface area contributed by atoms with Crippen LogP contribution in [0.1, 0.15) is 0 Å². The quantitative estimate of drug-likeness (QED) is 0.121. The summed E-state index contributed by atoms with van der Waals surface area (Å²) in [5.74, 6) is 0. The van der Waals surface area contributed by atoms with Gasteiger partial charge in [0.2, 0.25) is 0 Å². The summed E-state index contributed by atoms with van der Waals surface area (Å²) in [6, 6.07) is 109. The SMILES string of the molecule is c1ccc(-c2ccc(N3c4cc5c(ccc6ccccc65)cc4B4c5cc6ccc7ccccc7c6cc5N(c5ccc(-c6ccccc6)cc5)c5cc(-c6ccc7c8ccccc8n(-c8ccccc8)c7c6)cc3c54)cc2)cc1. The molecule has 2 aliphatic heterocycles. The summed E-state index contributed by atoms with van der Waals surface area (Å²) in [5.41, 5.74) is 21.4. The van der Waals surface area contributed by atoms with E-state index in [-0.39, 0.29) is 6.71 Å². The smallest absolute Gasteiger partial charge is 0.252 e. The molecule has 0 unspecified atom stereocenters. The van der Waals surface area contributed by atoms with Gasteiger partial charge < -0.3 is 14.4 Å². The number of hydrogen-bond acceptors (Lipinski definition) is 2. The molecule has 0 aliphatic carbocycles. The molecule has 0 radical (unpaired) electrons. The Kier molecular flexibility index (Phi) is 9.81. The van der Waals surface area contributed by atoms with Crippen LogP contribution < -0.4 is 26.2 Å². The summed E-state index contributed by atoms with van der Waals surface area (Å²) in [6.45, 7) is -0.103. The van der Waals surface area contributed by atoms with Crippen molar-refractivity contribution >= 4 is 122 Å². The molecule has 2 aliphatic rings. The zero-order valence-corrected chi connectivity index (χ0v) is 43.6. The normalized spacial score (nSPS) is 12.7. The molecule has 0 atom stereocenters. The first-order valence-electron chi connectivity index (χ1n) is 27.8. The highest BCUT2D eigenvalue weighted by molar-refractivity contribution is 7.00. The molecule has 4 heteroatoms. The van der Waals surface area contributed by atoms with Gasteiger partial charge >= 0.3 is 0 Å². The number of para-hydroxylation sites is 2. The Balaban J connectivity index is 0.996. The Morgan fingerprint density at radius 2 is 0.650 bits per heavy atom. The van der Waals surface area contributed by atoms with Crippen LogP contribution in [0, 0.1) is 0 Å². The maximum atomic E-state index is 2.58. The Bertz CT molecular complexity index is 4760. The first-order chi connectivity index (χ1) is 39.7. The van der Waals surface area contributed by atoms with Gasteiger partial charge in [0.05, 0.1) is 11.0 Å². The highest BCUT2D eigenvalue weighted by Gasteiger charge is 2.44. The number of fused-ring (bicyclic) bond motifs is 13. The van der Waals surface area contributed by atoms with Gasteiger partial charge in [-0.3, -0.25) is 0 Å². The average molecular weight is 1010 g/mol. The van der Waals surface area contributed by atoms with Crippen LogP contribution in [0.15, 0.2) is 291 Å². The Morgan fingerprint density at radius 1 is 0.225 bits per heavy atom. The molecule has 0 bridgehead atoms. The predicted octanol–water partition coefficient (Wildman–Crippen LogP) is 18.5. The molecule has 0 saturated carbocycles. The number of anilines is 6. The van der Waals surface area contributed by atoms with Gasteiger partial charge in [-0.25, -0.2) is 0 Å². The highest BCUT2D eigenvalue weighted by atomic mass is 15.2. The lowest BCUT2D eigenvalue weighted by molar-refractivity contribution is 1.18. The minimum Gasteiger partial charge on any atom is -0.311 e. The van der Waals surface area contributed by atoms with E-state index >= 15 is 0 Å². The molecule has 0 saturated heterocycles. The zero-order valence-electron chi connectivity index (χ0n) is 43.6. The minimum absolute atomic E-state index is 0.103. The van der Waals surface area contributed by atoms with Gasteiger partial charge in [0, 0.05) is 50.6 Å². The van der Waals surface area contributed by atoms with Gasteiger partial charge in [-0.1, -0.05) is 218 Å². The van der Waals surface area contributed by atoms with Crippen molar-refractivity contribution in [2.24, 2.45) is 0 Å². The van der Waals surface area contributed by atoms with Crippen LogP contribution in [0.2, 0.25) is 0 Å². The van der Waals surface area contributed by atoms with Gasteiger partial charge in [-0.05, 0) is 166 Å². The van der Waals surface area contributed by atoms with Crippen LogP contribution in [0.25, 0.3) is 104 Å². The molecule has 0 amide bonds. The molecule has 3 heterocycles. The molecule has 14 aromatic carbocycles. The number of hydrogen-bond donors (Lipinski definition) is 0. The van der Waals surface area contributed by atoms with Crippen LogP contribution in [-0.2, 0) is 0 Å². The van der Waals surface area contributed by atoms with E-state index in [0.29, 0.717) is 0 Å². The number of benzene rings is 14. The lowest BCUT2D eigenvalue weighted by Gasteiger charge is -2.45. The Hall–Kier alpha value is -10.4. The van der Waals surface area contributed by atoms with E-state index in [2.05, 4.69) is 306 Å². The summed E-state index contributed by atoms with van der Waals surface area (Å²) < 4.78 is 2.44. The van der Waals surface area contributed by atoms with Gasteiger partial charge in [0.1, 0.15) is 0 Å². The van der Waals surface area contributed by atoms with Crippen LogP contribution >= 0.6 is 0 Å². The molecule has 80 heavy (non-hydrogen) atoms. The van der Waals surface area contributed by atoms with Crippen LogP contribution in [0.3, 0.4) is 0 Å². The third-order valence-electron chi connectivity index (χ3n) is 17.3.